The summed E-state index contributed by atoms with van der Waals surface area (Å²) in [6, 6.07) is 0. The molecule has 0 heterocycles. The molecule has 0 aromatic carbocycles. The molecule has 0 spiro atoms. The first-order chi connectivity index (χ1) is 12.1. The van der Waals surface area contributed by atoms with Gasteiger partial charge in [-0.15, -0.1) is 0 Å². The van der Waals surface area contributed by atoms with E-state index < -0.39 is 48.3 Å². The van der Waals surface area contributed by atoms with Crippen LogP contribution < -0.4 is 0 Å². The molecule has 0 fully saturated rings. The zero-order valence-corrected chi connectivity index (χ0v) is 15.8. The number of rotatable bonds is 11. The quantitative estimate of drug-likeness (QED) is 0.358. The fraction of sp³-hybridized carbons (Fsp3) is 0.750. The van der Waals surface area contributed by atoms with Crippen molar-refractivity contribution in [3.8, 4) is 0 Å². The largest absolute Gasteiger partial charge is 0.463 e. The second kappa shape index (κ2) is 12.2. The number of ether oxygens (including phenoxy) is 6. The maximum atomic E-state index is 11.5. The van der Waals surface area contributed by atoms with Crippen LogP contribution in [0, 0.1) is 0 Å². The number of carbonyl (C=O) groups is 4. The fourth-order valence-corrected chi connectivity index (χ4v) is 2.16. The highest BCUT2D eigenvalue weighted by Crippen LogP contribution is 2.19. The van der Waals surface area contributed by atoms with Gasteiger partial charge in [0.15, 0.2) is 18.3 Å². The smallest absolute Gasteiger partial charge is 0.303 e. The number of methoxy groups -OCH3 is 2. The minimum absolute atomic E-state index is 0.140. The van der Waals surface area contributed by atoms with Crippen LogP contribution in [-0.4, -0.2) is 75.7 Å². The molecular weight excluding hydrogens is 352 g/mol. The lowest BCUT2D eigenvalue weighted by Crippen LogP contribution is -2.53. The SMILES string of the molecule is COC[C@@H](OC(C)=O)[C@@H](OC(C)=O)[C@H](OC(C)=O)[C@@H](COC(C)=O)OC. The molecule has 10 nitrogen and oxygen atoms in total. The van der Waals surface area contributed by atoms with E-state index in [0.717, 1.165) is 13.8 Å². The summed E-state index contributed by atoms with van der Waals surface area (Å²) in [6.45, 7) is 4.24. The van der Waals surface area contributed by atoms with Crippen LogP contribution in [0.4, 0.5) is 0 Å². The van der Waals surface area contributed by atoms with Gasteiger partial charge in [0.2, 0.25) is 0 Å². The molecular formula is C16H26O10. The zero-order valence-electron chi connectivity index (χ0n) is 15.8. The number of esters is 4. The topological polar surface area (TPSA) is 124 Å². The molecule has 0 saturated carbocycles. The van der Waals surface area contributed by atoms with Gasteiger partial charge >= 0.3 is 23.9 Å². The molecule has 150 valence electrons. The molecule has 0 aromatic heterocycles. The molecule has 0 saturated heterocycles. The normalized spacial score (nSPS) is 15.2. The van der Waals surface area contributed by atoms with Crippen LogP contribution in [0.3, 0.4) is 0 Å². The van der Waals surface area contributed by atoms with E-state index >= 15 is 0 Å². The van der Waals surface area contributed by atoms with E-state index in [9.17, 15) is 19.2 Å². The summed E-state index contributed by atoms with van der Waals surface area (Å²) >= 11 is 0. The molecule has 0 amide bonds. The first-order valence-corrected chi connectivity index (χ1v) is 7.79. The van der Waals surface area contributed by atoms with Gasteiger partial charge in [-0.25, -0.2) is 0 Å². The third kappa shape index (κ3) is 9.33. The standard InChI is InChI=1S/C16H26O10/c1-9(17)23-8-13(22-6)15(25-11(3)19)16(26-12(4)20)14(7-21-5)24-10(2)18/h13-16H,7-8H2,1-6H3/t13-,14-,15-,16-/m1/s1. The lowest BCUT2D eigenvalue weighted by atomic mass is 10.0. The van der Waals surface area contributed by atoms with Crippen molar-refractivity contribution in [1.29, 1.82) is 0 Å². The molecule has 0 unspecified atom stereocenters. The van der Waals surface area contributed by atoms with Crippen LogP contribution in [0.15, 0.2) is 0 Å². The van der Waals surface area contributed by atoms with Gasteiger partial charge < -0.3 is 28.4 Å². The van der Waals surface area contributed by atoms with Gasteiger partial charge in [0.05, 0.1) is 6.61 Å². The summed E-state index contributed by atoms with van der Waals surface area (Å²) < 4.78 is 30.7. The summed E-state index contributed by atoms with van der Waals surface area (Å²) in [4.78, 5) is 45.6. The maximum Gasteiger partial charge on any atom is 0.303 e. The van der Waals surface area contributed by atoms with E-state index in [1.807, 2.05) is 0 Å². The van der Waals surface area contributed by atoms with Crippen molar-refractivity contribution in [1.82, 2.24) is 0 Å². The third-order valence-corrected chi connectivity index (χ3v) is 3.06. The van der Waals surface area contributed by atoms with Gasteiger partial charge in [0, 0.05) is 41.9 Å². The first-order valence-electron chi connectivity index (χ1n) is 7.79. The predicted octanol–water partition coefficient (Wildman–Crippen LogP) is 0.00600. The van der Waals surface area contributed by atoms with Gasteiger partial charge in [0.25, 0.3) is 0 Å². The maximum absolute atomic E-state index is 11.5. The highest BCUT2D eigenvalue weighted by atomic mass is 16.6. The molecule has 0 aliphatic carbocycles. The van der Waals surface area contributed by atoms with Crippen molar-refractivity contribution in [2.75, 3.05) is 27.4 Å². The van der Waals surface area contributed by atoms with E-state index in [-0.39, 0.29) is 13.2 Å². The molecule has 0 aliphatic heterocycles. The van der Waals surface area contributed by atoms with E-state index in [2.05, 4.69) is 0 Å². The van der Waals surface area contributed by atoms with Gasteiger partial charge in [-0.05, 0) is 0 Å². The zero-order chi connectivity index (χ0) is 20.3. The van der Waals surface area contributed by atoms with E-state index in [4.69, 9.17) is 28.4 Å². The Morgan fingerprint density at radius 1 is 0.654 bits per heavy atom. The van der Waals surface area contributed by atoms with Crippen molar-refractivity contribution >= 4 is 23.9 Å². The average Bonchev–Trinajstić information content (AvgIpc) is 2.50. The van der Waals surface area contributed by atoms with Crippen molar-refractivity contribution in [2.24, 2.45) is 0 Å². The van der Waals surface area contributed by atoms with Gasteiger partial charge in [-0.2, -0.15) is 0 Å². The Balaban J connectivity index is 5.79. The Morgan fingerprint density at radius 2 is 1.12 bits per heavy atom. The molecule has 4 atom stereocenters. The lowest BCUT2D eigenvalue weighted by Gasteiger charge is -2.35. The molecule has 26 heavy (non-hydrogen) atoms. The van der Waals surface area contributed by atoms with Crippen LogP contribution in [0.2, 0.25) is 0 Å². The van der Waals surface area contributed by atoms with Gasteiger partial charge in [0.1, 0.15) is 12.7 Å². The highest BCUT2D eigenvalue weighted by Gasteiger charge is 2.42. The van der Waals surface area contributed by atoms with Gasteiger partial charge in [-0.3, -0.25) is 19.2 Å². The summed E-state index contributed by atoms with van der Waals surface area (Å²) in [7, 11) is 2.65. The number of hydrogen-bond acceptors (Lipinski definition) is 10. The van der Waals surface area contributed by atoms with Crippen molar-refractivity contribution in [2.45, 2.75) is 52.1 Å². The highest BCUT2D eigenvalue weighted by molar-refractivity contribution is 5.68. The van der Waals surface area contributed by atoms with Crippen molar-refractivity contribution in [3.05, 3.63) is 0 Å². The van der Waals surface area contributed by atoms with Crippen LogP contribution >= 0.6 is 0 Å². The molecule has 0 N–H and O–H groups in total. The summed E-state index contributed by atoms with van der Waals surface area (Å²) in [5, 5.41) is 0. The Labute approximate surface area is 152 Å². The van der Waals surface area contributed by atoms with Crippen LogP contribution in [0.5, 0.6) is 0 Å². The number of carbonyl (C=O) groups excluding carboxylic acids is 4. The van der Waals surface area contributed by atoms with Crippen LogP contribution in [0.25, 0.3) is 0 Å². The summed E-state index contributed by atoms with van der Waals surface area (Å²) in [5.41, 5.74) is 0. The van der Waals surface area contributed by atoms with E-state index in [0.29, 0.717) is 0 Å². The molecule has 0 aromatic rings. The first kappa shape index (κ1) is 23.8. The molecule has 10 heteroatoms. The van der Waals surface area contributed by atoms with Crippen molar-refractivity contribution < 1.29 is 47.6 Å². The van der Waals surface area contributed by atoms with Crippen molar-refractivity contribution in [3.63, 3.8) is 0 Å². The Hall–Kier alpha value is -2.20. The summed E-state index contributed by atoms with van der Waals surface area (Å²) in [6.07, 6.45) is -4.54. The van der Waals surface area contributed by atoms with Gasteiger partial charge in [-0.1, -0.05) is 0 Å². The fourth-order valence-electron chi connectivity index (χ4n) is 2.16. The second-order valence-corrected chi connectivity index (χ2v) is 5.33. The average molecular weight is 378 g/mol. The molecule has 0 radical (unpaired) electrons. The minimum atomic E-state index is -1.25. The Morgan fingerprint density at radius 3 is 1.46 bits per heavy atom. The van der Waals surface area contributed by atoms with Crippen LogP contribution in [-0.2, 0) is 47.6 Å². The summed E-state index contributed by atoms with van der Waals surface area (Å²) in [5.74, 6) is -2.63. The second-order valence-electron chi connectivity index (χ2n) is 5.33. The van der Waals surface area contributed by atoms with Crippen LogP contribution in [0.1, 0.15) is 27.7 Å². The number of hydrogen-bond donors (Lipinski definition) is 0. The predicted molar refractivity (Wildman–Crippen MR) is 86.0 cm³/mol. The molecule has 0 bridgehead atoms. The molecule has 0 rings (SSSR count). The minimum Gasteiger partial charge on any atom is -0.463 e. The molecule has 0 aliphatic rings. The van der Waals surface area contributed by atoms with E-state index in [1.165, 1.54) is 28.1 Å². The Bertz CT molecular complexity index is 489. The lowest BCUT2D eigenvalue weighted by molar-refractivity contribution is -0.202. The Kier molecular flexibility index (Phi) is 11.2. The van der Waals surface area contributed by atoms with E-state index in [1.54, 1.807) is 0 Å². The third-order valence-electron chi connectivity index (χ3n) is 3.06. The monoisotopic (exact) mass is 378 g/mol.